The molecule has 3 aliphatic rings. The Morgan fingerprint density at radius 3 is 2.92 bits per heavy atom. The van der Waals surface area contributed by atoms with Crippen LogP contribution in [0.3, 0.4) is 0 Å². The summed E-state index contributed by atoms with van der Waals surface area (Å²) in [5.41, 5.74) is 0. The van der Waals surface area contributed by atoms with Crippen molar-refractivity contribution < 1.29 is 9.59 Å². The molecule has 3 nitrogen and oxygen atoms in total. The van der Waals surface area contributed by atoms with Crippen molar-refractivity contribution in [3.05, 3.63) is 0 Å². The molecule has 2 amide bonds. The second-order valence-electron chi connectivity index (χ2n) is 4.10. The fraction of sp³-hybridized carbons (Fsp3) is 0.778. The van der Waals surface area contributed by atoms with E-state index in [0.29, 0.717) is 12.5 Å². The Kier molecular flexibility index (Phi) is 1.05. The van der Waals surface area contributed by atoms with Crippen LogP contribution < -0.4 is 0 Å². The van der Waals surface area contributed by atoms with Crippen LogP contribution in [0.1, 0.15) is 19.3 Å². The first-order valence-electron chi connectivity index (χ1n) is 4.64. The van der Waals surface area contributed by atoms with Crippen LogP contribution >= 0.6 is 0 Å². The molecule has 0 aromatic rings. The standard InChI is InChI=1S/C9H11NO2/c11-8-6-4-5-2-1-3-10(8)9(12)7(5)6/h5-7H,1-4H2/t5?,6-,7+/m0/s1. The first kappa shape index (κ1) is 6.63. The lowest BCUT2D eigenvalue weighted by atomic mass is 9.64. The van der Waals surface area contributed by atoms with Crippen molar-refractivity contribution >= 4 is 11.8 Å². The molecule has 2 heterocycles. The van der Waals surface area contributed by atoms with Gasteiger partial charge in [-0.3, -0.25) is 14.5 Å². The zero-order chi connectivity index (χ0) is 8.29. The minimum absolute atomic E-state index is 0.0859. The van der Waals surface area contributed by atoms with Gasteiger partial charge in [-0.1, -0.05) is 0 Å². The fourth-order valence-electron chi connectivity index (χ4n) is 2.90. The van der Waals surface area contributed by atoms with Gasteiger partial charge in [-0.25, -0.2) is 0 Å². The van der Waals surface area contributed by atoms with E-state index < -0.39 is 0 Å². The molecule has 2 saturated heterocycles. The molecule has 0 N–H and O–H groups in total. The molecule has 2 bridgehead atoms. The van der Waals surface area contributed by atoms with Gasteiger partial charge in [0.25, 0.3) is 0 Å². The van der Waals surface area contributed by atoms with Crippen molar-refractivity contribution in [2.45, 2.75) is 19.3 Å². The SMILES string of the molecule is O=C1[C@H]2CC3CCCN1C(=O)[C@H]32. The summed E-state index contributed by atoms with van der Waals surface area (Å²) in [6, 6.07) is 0. The number of carbonyl (C=O) groups excluding carboxylic acids is 2. The minimum Gasteiger partial charge on any atom is -0.282 e. The van der Waals surface area contributed by atoms with Gasteiger partial charge >= 0.3 is 0 Å². The van der Waals surface area contributed by atoms with Gasteiger partial charge in [0.05, 0.1) is 11.8 Å². The molecule has 1 saturated carbocycles. The molecule has 3 rings (SSSR count). The number of rotatable bonds is 0. The van der Waals surface area contributed by atoms with Gasteiger partial charge in [0.15, 0.2) is 0 Å². The highest BCUT2D eigenvalue weighted by molar-refractivity contribution is 6.06. The van der Waals surface area contributed by atoms with E-state index >= 15 is 0 Å². The van der Waals surface area contributed by atoms with Crippen molar-refractivity contribution in [3.8, 4) is 0 Å². The van der Waals surface area contributed by atoms with Crippen molar-refractivity contribution in [1.82, 2.24) is 4.90 Å². The quantitative estimate of drug-likeness (QED) is 0.487. The number of amides is 2. The van der Waals surface area contributed by atoms with E-state index in [4.69, 9.17) is 0 Å². The first-order chi connectivity index (χ1) is 5.79. The largest absolute Gasteiger partial charge is 0.282 e. The van der Waals surface area contributed by atoms with Crippen LogP contribution in [0.5, 0.6) is 0 Å². The summed E-state index contributed by atoms with van der Waals surface area (Å²) >= 11 is 0. The zero-order valence-electron chi connectivity index (χ0n) is 6.82. The third-order valence-electron chi connectivity index (χ3n) is 3.59. The van der Waals surface area contributed by atoms with Gasteiger partial charge in [-0.2, -0.15) is 0 Å². The topological polar surface area (TPSA) is 37.4 Å². The summed E-state index contributed by atoms with van der Waals surface area (Å²) in [5.74, 6) is 0.960. The summed E-state index contributed by atoms with van der Waals surface area (Å²) in [6.07, 6.45) is 3.15. The van der Waals surface area contributed by atoms with Crippen molar-refractivity contribution in [2.24, 2.45) is 17.8 Å². The molecule has 3 heteroatoms. The van der Waals surface area contributed by atoms with Crippen LogP contribution in [-0.2, 0) is 9.59 Å². The van der Waals surface area contributed by atoms with E-state index in [0.717, 1.165) is 19.3 Å². The van der Waals surface area contributed by atoms with Gasteiger partial charge in [0, 0.05) is 6.54 Å². The van der Waals surface area contributed by atoms with Crippen LogP contribution in [0.15, 0.2) is 0 Å². The molecule has 3 atom stereocenters. The maximum Gasteiger partial charge on any atom is 0.233 e. The van der Waals surface area contributed by atoms with E-state index in [1.165, 1.54) is 4.90 Å². The van der Waals surface area contributed by atoms with E-state index in [9.17, 15) is 9.59 Å². The highest BCUT2D eigenvalue weighted by Crippen LogP contribution is 2.51. The summed E-state index contributed by atoms with van der Waals surface area (Å²) in [5, 5.41) is 0. The lowest BCUT2D eigenvalue weighted by molar-refractivity contribution is -0.139. The smallest absolute Gasteiger partial charge is 0.233 e. The molecule has 1 unspecified atom stereocenters. The number of fused-ring (bicyclic) bond motifs is 1. The summed E-state index contributed by atoms with van der Waals surface area (Å²) in [4.78, 5) is 24.5. The van der Waals surface area contributed by atoms with E-state index in [2.05, 4.69) is 0 Å². The molecular weight excluding hydrogens is 154 g/mol. The van der Waals surface area contributed by atoms with E-state index in [1.807, 2.05) is 0 Å². The Morgan fingerprint density at radius 1 is 1.25 bits per heavy atom. The second-order valence-corrected chi connectivity index (χ2v) is 4.10. The number of imide groups is 1. The highest BCUT2D eigenvalue weighted by Gasteiger charge is 2.58. The lowest BCUT2D eigenvalue weighted by Crippen LogP contribution is -2.39. The van der Waals surface area contributed by atoms with Gasteiger partial charge in [-0.05, 0) is 25.2 Å². The van der Waals surface area contributed by atoms with Crippen molar-refractivity contribution in [3.63, 3.8) is 0 Å². The number of nitrogens with zero attached hydrogens (tertiary/aromatic N) is 1. The Bertz CT molecular complexity index is 274. The predicted octanol–water partition coefficient (Wildman–Crippen LogP) is 0.401. The molecule has 1 aliphatic carbocycles. The molecule has 2 aliphatic heterocycles. The summed E-state index contributed by atoms with van der Waals surface area (Å²) in [7, 11) is 0. The Balaban J connectivity index is 2.04. The maximum absolute atomic E-state index is 11.6. The number of carbonyl (C=O) groups is 2. The molecule has 0 radical (unpaired) electrons. The van der Waals surface area contributed by atoms with Crippen LogP contribution in [-0.4, -0.2) is 23.3 Å². The molecule has 0 aromatic heterocycles. The molecular formula is C9H11NO2. The van der Waals surface area contributed by atoms with Crippen LogP contribution in [0.2, 0.25) is 0 Å². The van der Waals surface area contributed by atoms with Gasteiger partial charge in [0.1, 0.15) is 0 Å². The van der Waals surface area contributed by atoms with Crippen molar-refractivity contribution in [1.29, 1.82) is 0 Å². The lowest BCUT2D eigenvalue weighted by Gasteiger charge is -2.36. The number of hydrogen-bond donors (Lipinski definition) is 0. The van der Waals surface area contributed by atoms with E-state index in [1.54, 1.807) is 0 Å². The molecule has 3 fully saturated rings. The molecule has 64 valence electrons. The van der Waals surface area contributed by atoms with Gasteiger partial charge in [0.2, 0.25) is 11.8 Å². The Hall–Kier alpha value is -0.860. The number of hydrogen-bond acceptors (Lipinski definition) is 2. The third kappa shape index (κ3) is 0.551. The molecule has 12 heavy (non-hydrogen) atoms. The normalized spacial score (nSPS) is 44.3. The summed E-state index contributed by atoms with van der Waals surface area (Å²) < 4.78 is 0. The minimum atomic E-state index is 0.0859. The third-order valence-corrected chi connectivity index (χ3v) is 3.59. The first-order valence-corrected chi connectivity index (χ1v) is 4.64. The van der Waals surface area contributed by atoms with Crippen molar-refractivity contribution in [2.75, 3.05) is 6.54 Å². The maximum atomic E-state index is 11.6. The highest BCUT2D eigenvalue weighted by atomic mass is 16.2. The Morgan fingerprint density at radius 2 is 2.08 bits per heavy atom. The van der Waals surface area contributed by atoms with Crippen LogP contribution in [0.4, 0.5) is 0 Å². The average molecular weight is 165 g/mol. The predicted molar refractivity (Wildman–Crippen MR) is 41.0 cm³/mol. The van der Waals surface area contributed by atoms with Crippen LogP contribution in [0, 0.1) is 17.8 Å². The molecule has 0 spiro atoms. The summed E-state index contributed by atoms with van der Waals surface area (Å²) in [6.45, 7) is 0.682. The van der Waals surface area contributed by atoms with E-state index in [-0.39, 0.29) is 23.7 Å². The molecule has 0 aromatic carbocycles. The zero-order valence-corrected chi connectivity index (χ0v) is 6.82. The fourth-order valence-corrected chi connectivity index (χ4v) is 2.90. The van der Waals surface area contributed by atoms with Gasteiger partial charge in [-0.15, -0.1) is 0 Å². The second kappa shape index (κ2) is 1.90. The monoisotopic (exact) mass is 165 g/mol. The van der Waals surface area contributed by atoms with Gasteiger partial charge < -0.3 is 0 Å². The average Bonchev–Trinajstić information content (AvgIpc) is 2.09. The Labute approximate surface area is 70.7 Å². The van der Waals surface area contributed by atoms with Crippen LogP contribution in [0.25, 0.3) is 0 Å².